The minimum atomic E-state index is -2.07. The van der Waals surface area contributed by atoms with E-state index in [0.29, 0.717) is 17.1 Å². The Morgan fingerprint density at radius 1 is 1.15 bits per heavy atom. The van der Waals surface area contributed by atoms with Gasteiger partial charge in [-0.15, -0.1) is 11.3 Å². The summed E-state index contributed by atoms with van der Waals surface area (Å²) in [6.07, 6.45) is 3.30. The molecular formula is C19H27N3O4S. The Morgan fingerprint density at radius 3 is 2.15 bits per heavy atom. The van der Waals surface area contributed by atoms with Crippen molar-refractivity contribution in [2.24, 2.45) is 5.41 Å². The first-order chi connectivity index (χ1) is 12.3. The third-order valence-corrected chi connectivity index (χ3v) is 5.81. The SMILES string of the molecule is CC(C)(C)c1csc(C(C(=O)O)(C(=O)O)C(C)(C)C)c1NCc1c[nH]cn1. The topological polar surface area (TPSA) is 115 Å². The molecule has 0 aromatic carbocycles. The number of thiophene rings is 1. The van der Waals surface area contributed by atoms with Gasteiger partial charge in [-0.2, -0.15) is 0 Å². The molecule has 0 bridgehead atoms. The highest BCUT2D eigenvalue weighted by Crippen LogP contribution is 2.50. The highest BCUT2D eigenvalue weighted by molar-refractivity contribution is 7.11. The van der Waals surface area contributed by atoms with Gasteiger partial charge in [0.2, 0.25) is 5.41 Å². The fourth-order valence-electron chi connectivity index (χ4n) is 3.20. The van der Waals surface area contributed by atoms with Crippen molar-refractivity contribution in [3.63, 3.8) is 0 Å². The minimum absolute atomic E-state index is 0.288. The summed E-state index contributed by atoms with van der Waals surface area (Å²) in [7, 11) is 0. The van der Waals surface area contributed by atoms with E-state index in [1.807, 2.05) is 26.2 Å². The Hall–Kier alpha value is -2.35. The average molecular weight is 394 g/mol. The number of aromatic amines is 1. The first kappa shape index (κ1) is 21.0. The number of nitrogens with zero attached hydrogens (tertiary/aromatic N) is 1. The zero-order valence-electron chi connectivity index (χ0n) is 16.5. The van der Waals surface area contributed by atoms with E-state index in [0.717, 1.165) is 11.3 Å². The summed E-state index contributed by atoms with van der Waals surface area (Å²) in [4.78, 5) is 32.0. The van der Waals surface area contributed by atoms with Crippen LogP contribution in [0.5, 0.6) is 0 Å². The fourth-order valence-corrected chi connectivity index (χ4v) is 4.86. The molecule has 2 heterocycles. The van der Waals surface area contributed by atoms with Crippen molar-refractivity contribution in [2.75, 3.05) is 5.32 Å². The van der Waals surface area contributed by atoms with Crippen molar-refractivity contribution >= 4 is 29.0 Å². The van der Waals surface area contributed by atoms with Gasteiger partial charge in [-0.25, -0.2) is 4.98 Å². The summed E-state index contributed by atoms with van der Waals surface area (Å²) in [5, 5.41) is 25.2. The molecule has 2 aromatic heterocycles. The van der Waals surface area contributed by atoms with Gasteiger partial charge >= 0.3 is 11.9 Å². The van der Waals surface area contributed by atoms with Crippen molar-refractivity contribution in [3.8, 4) is 0 Å². The second kappa shape index (κ2) is 6.99. The quantitative estimate of drug-likeness (QED) is 0.554. The van der Waals surface area contributed by atoms with Gasteiger partial charge in [-0.3, -0.25) is 9.59 Å². The summed E-state index contributed by atoms with van der Waals surface area (Å²) in [6.45, 7) is 11.3. The predicted molar refractivity (Wildman–Crippen MR) is 105 cm³/mol. The van der Waals surface area contributed by atoms with Crippen LogP contribution >= 0.6 is 11.3 Å². The molecule has 8 heteroatoms. The molecule has 7 nitrogen and oxygen atoms in total. The van der Waals surface area contributed by atoms with Gasteiger partial charge < -0.3 is 20.5 Å². The van der Waals surface area contributed by atoms with Gasteiger partial charge in [0, 0.05) is 6.20 Å². The van der Waals surface area contributed by atoms with Crippen LogP contribution in [0.3, 0.4) is 0 Å². The van der Waals surface area contributed by atoms with Crippen LogP contribution in [-0.4, -0.2) is 32.1 Å². The van der Waals surface area contributed by atoms with Crippen LogP contribution in [0, 0.1) is 5.41 Å². The van der Waals surface area contributed by atoms with Crippen LogP contribution in [0.1, 0.15) is 57.7 Å². The Labute approximate surface area is 162 Å². The second-order valence-corrected chi connectivity index (χ2v) is 9.51. The molecule has 148 valence electrons. The maximum absolute atomic E-state index is 12.3. The zero-order chi connectivity index (χ0) is 20.6. The number of hydrogen-bond acceptors (Lipinski definition) is 5. The predicted octanol–water partition coefficient (Wildman–Crippen LogP) is 3.83. The van der Waals surface area contributed by atoms with E-state index < -0.39 is 22.8 Å². The molecule has 2 rings (SSSR count). The van der Waals surface area contributed by atoms with Crippen molar-refractivity contribution in [3.05, 3.63) is 34.0 Å². The van der Waals surface area contributed by atoms with Crippen LogP contribution in [0.2, 0.25) is 0 Å². The van der Waals surface area contributed by atoms with Gasteiger partial charge in [0.05, 0.1) is 29.1 Å². The first-order valence-corrected chi connectivity index (χ1v) is 9.52. The Balaban J connectivity index is 2.71. The Kier molecular flexibility index (Phi) is 5.43. The second-order valence-electron chi connectivity index (χ2n) is 8.63. The highest BCUT2D eigenvalue weighted by Gasteiger charge is 2.59. The van der Waals surface area contributed by atoms with Crippen LogP contribution in [0.4, 0.5) is 5.69 Å². The monoisotopic (exact) mass is 393 g/mol. The number of aliphatic carboxylic acids is 2. The van der Waals surface area contributed by atoms with E-state index in [-0.39, 0.29) is 5.41 Å². The van der Waals surface area contributed by atoms with Gasteiger partial charge in [0.1, 0.15) is 0 Å². The fraction of sp³-hybridized carbons (Fsp3) is 0.526. The standard InChI is InChI=1S/C19H27N3O4S/c1-17(2,3)12-9-27-14(13(12)21-8-11-7-20-10-22-11)19(15(23)24,16(25)26)18(4,5)6/h7,9-10,21H,8H2,1-6H3,(H,20,22)(H,23,24)(H,25,26). The van der Waals surface area contributed by atoms with Crippen molar-refractivity contribution in [1.82, 2.24) is 9.97 Å². The molecule has 27 heavy (non-hydrogen) atoms. The van der Waals surface area contributed by atoms with E-state index in [2.05, 4.69) is 15.3 Å². The number of carboxylic acid groups (broad SMARTS) is 2. The molecule has 0 aliphatic carbocycles. The summed E-state index contributed by atoms with van der Waals surface area (Å²) < 4.78 is 0. The van der Waals surface area contributed by atoms with Gasteiger partial charge in [0.15, 0.2) is 0 Å². The van der Waals surface area contributed by atoms with Crippen molar-refractivity contribution < 1.29 is 19.8 Å². The molecule has 0 amide bonds. The van der Waals surface area contributed by atoms with Crippen LogP contribution in [-0.2, 0) is 27.0 Å². The molecule has 0 radical (unpaired) electrons. The molecule has 0 spiro atoms. The van der Waals surface area contributed by atoms with Crippen molar-refractivity contribution in [1.29, 1.82) is 0 Å². The van der Waals surface area contributed by atoms with Crippen LogP contribution in [0.15, 0.2) is 17.9 Å². The molecule has 0 saturated heterocycles. The summed E-state index contributed by atoms with van der Waals surface area (Å²) in [5.74, 6) is -2.74. The minimum Gasteiger partial charge on any atom is -0.480 e. The van der Waals surface area contributed by atoms with E-state index in [4.69, 9.17) is 0 Å². The van der Waals surface area contributed by atoms with E-state index in [9.17, 15) is 19.8 Å². The summed E-state index contributed by atoms with van der Waals surface area (Å²) in [5.41, 5.74) is -1.21. The third kappa shape index (κ3) is 3.58. The maximum Gasteiger partial charge on any atom is 0.327 e. The van der Waals surface area contributed by atoms with Gasteiger partial charge in [-0.05, 0) is 21.8 Å². The molecule has 0 unspecified atom stereocenters. The molecule has 4 N–H and O–H groups in total. The largest absolute Gasteiger partial charge is 0.480 e. The lowest BCUT2D eigenvalue weighted by Crippen LogP contribution is -2.53. The number of nitrogens with one attached hydrogen (secondary N) is 2. The molecule has 2 aromatic rings. The van der Waals surface area contributed by atoms with Crippen molar-refractivity contribution in [2.45, 2.75) is 58.9 Å². The van der Waals surface area contributed by atoms with Gasteiger partial charge in [-0.1, -0.05) is 41.5 Å². The number of carboxylic acids is 2. The Bertz CT molecular complexity index is 812. The number of aromatic nitrogens is 2. The maximum atomic E-state index is 12.3. The highest BCUT2D eigenvalue weighted by atomic mass is 32.1. The molecular weight excluding hydrogens is 366 g/mol. The lowest BCUT2D eigenvalue weighted by atomic mass is 9.64. The first-order valence-electron chi connectivity index (χ1n) is 8.64. The lowest BCUT2D eigenvalue weighted by Gasteiger charge is -2.37. The average Bonchev–Trinajstić information content (AvgIpc) is 3.11. The van der Waals surface area contributed by atoms with E-state index in [1.165, 1.54) is 11.3 Å². The summed E-state index contributed by atoms with van der Waals surface area (Å²) in [6, 6.07) is 0. The molecule has 0 atom stereocenters. The van der Waals surface area contributed by atoms with E-state index >= 15 is 0 Å². The number of anilines is 1. The van der Waals surface area contributed by atoms with Gasteiger partial charge in [0.25, 0.3) is 0 Å². The molecule has 0 aliphatic rings. The number of hydrogen-bond donors (Lipinski definition) is 4. The molecule has 0 aliphatic heterocycles. The Morgan fingerprint density at radius 2 is 1.74 bits per heavy atom. The number of imidazole rings is 1. The summed E-state index contributed by atoms with van der Waals surface area (Å²) >= 11 is 1.18. The number of H-pyrrole nitrogens is 1. The number of rotatable bonds is 6. The van der Waals surface area contributed by atoms with E-state index in [1.54, 1.807) is 33.3 Å². The molecule has 0 fully saturated rings. The zero-order valence-corrected chi connectivity index (χ0v) is 17.3. The van der Waals surface area contributed by atoms with Crippen LogP contribution in [0.25, 0.3) is 0 Å². The van der Waals surface area contributed by atoms with Crippen LogP contribution < -0.4 is 5.32 Å². The normalized spacial score (nSPS) is 12.8. The number of carbonyl (C=O) groups is 2. The smallest absolute Gasteiger partial charge is 0.327 e. The molecule has 0 saturated carbocycles. The third-order valence-electron chi connectivity index (χ3n) is 4.71. The lowest BCUT2D eigenvalue weighted by molar-refractivity contribution is -0.163.